The monoisotopic (exact) mass is 403 g/mol. The van der Waals surface area contributed by atoms with Crippen LogP contribution in [-0.4, -0.2) is 44.2 Å². The first kappa shape index (κ1) is 18.4. The zero-order valence-electron chi connectivity index (χ0n) is 16.4. The molecule has 0 aliphatic carbocycles. The second kappa shape index (κ2) is 8.39. The molecule has 0 atom stereocenters. The average molecular weight is 404 g/mol. The maximum absolute atomic E-state index is 6.07. The largest absolute Gasteiger partial charge is 0.492 e. The minimum absolute atomic E-state index is 0.716. The highest BCUT2D eigenvalue weighted by Gasteiger charge is 2.18. The van der Waals surface area contributed by atoms with Gasteiger partial charge < -0.3 is 15.0 Å². The number of anilines is 3. The van der Waals surface area contributed by atoms with Crippen LogP contribution in [0.1, 0.15) is 0 Å². The number of piperazine rings is 1. The van der Waals surface area contributed by atoms with Gasteiger partial charge in [-0.2, -0.15) is 0 Å². The molecular weight excluding hydrogens is 378 g/mol. The first-order valence-electron chi connectivity index (χ1n) is 10.2. The van der Waals surface area contributed by atoms with Crippen LogP contribution in [0.4, 0.5) is 17.1 Å². The van der Waals surface area contributed by atoms with Gasteiger partial charge in [-0.15, -0.1) is 0 Å². The topological polar surface area (TPSA) is 27.7 Å². The molecule has 4 nitrogen and oxygen atoms in total. The molecule has 0 saturated carbocycles. The predicted molar refractivity (Wildman–Crippen MR) is 121 cm³/mol. The molecule has 1 fully saturated rings. The van der Waals surface area contributed by atoms with E-state index in [9.17, 15) is 0 Å². The molecule has 0 spiro atoms. The highest BCUT2D eigenvalue weighted by atomic mass is 32.2. The van der Waals surface area contributed by atoms with Crippen LogP contribution in [0.15, 0.2) is 82.6 Å². The fourth-order valence-electron chi connectivity index (χ4n) is 3.87. The van der Waals surface area contributed by atoms with Crippen molar-refractivity contribution in [2.45, 2.75) is 9.79 Å². The Morgan fingerprint density at radius 2 is 1.55 bits per heavy atom. The second-order valence-corrected chi connectivity index (χ2v) is 8.48. The minimum atomic E-state index is 0.716. The van der Waals surface area contributed by atoms with E-state index in [1.54, 1.807) is 11.8 Å². The van der Waals surface area contributed by atoms with Gasteiger partial charge in [0.05, 0.1) is 11.4 Å². The van der Waals surface area contributed by atoms with Crippen LogP contribution in [0, 0.1) is 0 Å². The van der Waals surface area contributed by atoms with Crippen LogP contribution in [0.3, 0.4) is 0 Å². The molecule has 0 aromatic heterocycles. The average Bonchev–Trinajstić information content (AvgIpc) is 2.79. The van der Waals surface area contributed by atoms with Gasteiger partial charge in [-0.25, -0.2) is 0 Å². The van der Waals surface area contributed by atoms with Crippen LogP contribution in [0.5, 0.6) is 5.75 Å². The zero-order valence-corrected chi connectivity index (χ0v) is 17.2. The predicted octanol–water partition coefficient (Wildman–Crippen LogP) is 5.10. The Bertz CT molecular complexity index is 971. The fourth-order valence-corrected chi connectivity index (χ4v) is 4.84. The molecule has 1 saturated heterocycles. The molecule has 0 radical (unpaired) electrons. The molecule has 2 aliphatic heterocycles. The molecule has 0 bridgehead atoms. The lowest BCUT2D eigenvalue weighted by Crippen LogP contribution is -2.47. The van der Waals surface area contributed by atoms with E-state index in [1.807, 2.05) is 0 Å². The van der Waals surface area contributed by atoms with Crippen molar-refractivity contribution < 1.29 is 4.74 Å². The van der Waals surface area contributed by atoms with E-state index in [1.165, 1.54) is 21.2 Å². The van der Waals surface area contributed by atoms with Gasteiger partial charge >= 0.3 is 0 Å². The SMILES string of the molecule is c1ccc(N2CCN(CCOc3ccc4c(c3)Nc3ccccc3S4)CC2)cc1. The smallest absolute Gasteiger partial charge is 0.121 e. The molecule has 2 heterocycles. The van der Waals surface area contributed by atoms with Gasteiger partial charge in [-0.1, -0.05) is 42.1 Å². The van der Waals surface area contributed by atoms with Gasteiger partial charge in [-0.3, -0.25) is 4.90 Å². The number of benzene rings is 3. The molecule has 3 aromatic rings. The van der Waals surface area contributed by atoms with Gasteiger partial charge in [0.1, 0.15) is 12.4 Å². The van der Waals surface area contributed by atoms with Crippen LogP contribution >= 0.6 is 11.8 Å². The van der Waals surface area contributed by atoms with E-state index in [-0.39, 0.29) is 0 Å². The van der Waals surface area contributed by atoms with E-state index in [4.69, 9.17) is 4.74 Å². The zero-order chi connectivity index (χ0) is 19.5. The number of hydrogen-bond acceptors (Lipinski definition) is 5. The Morgan fingerprint density at radius 1 is 0.793 bits per heavy atom. The highest BCUT2D eigenvalue weighted by Crippen LogP contribution is 2.44. The number of ether oxygens (including phenoxy) is 1. The van der Waals surface area contributed by atoms with Gasteiger partial charge in [0, 0.05) is 54.3 Å². The molecule has 5 rings (SSSR count). The number of nitrogens with one attached hydrogen (secondary N) is 1. The summed E-state index contributed by atoms with van der Waals surface area (Å²) in [5.41, 5.74) is 3.62. The summed E-state index contributed by atoms with van der Waals surface area (Å²) in [6.45, 7) is 5.99. The summed E-state index contributed by atoms with van der Waals surface area (Å²) in [6, 6.07) is 25.4. The Balaban J connectivity index is 1.12. The van der Waals surface area contributed by atoms with Crippen LogP contribution < -0.4 is 15.0 Å². The number of fused-ring (bicyclic) bond motifs is 2. The van der Waals surface area contributed by atoms with Gasteiger partial charge in [0.2, 0.25) is 0 Å². The lowest BCUT2D eigenvalue weighted by molar-refractivity contribution is 0.200. The van der Waals surface area contributed by atoms with Gasteiger partial charge in [-0.05, 0) is 36.4 Å². The maximum Gasteiger partial charge on any atom is 0.121 e. The van der Waals surface area contributed by atoms with Crippen molar-refractivity contribution >= 4 is 28.8 Å². The third-order valence-electron chi connectivity index (χ3n) is 5.50. The third-order valence-corrected chi connectivity index (χ3v) is 6.65. The summed E-state index contributed by atoms with van der Waals surface area (Å²) in [5, 5.41) is 3.52. The number of hydrogen-bond donors (Lipinski definition) is 1. The van der Waals surface area contributed by atoms with Crippen molar-refractivity contribution in [2.75, 3.05) is 49.5 Å². The van der Waals surface area contributed by atoms with E-state index in [0.29, 0.717) is 6.61 Å². The summed E-state index contributed by atoms with van der Waals surface area (Å²) >= 11 is 1.81. The summed E-state index contributed by atoms with van der Waals surface area (Å²) < 4.78 is 6.07. The lowest BCUT2D eigenvalue weighted by Gasteiger charge is -2.36. The van der Waals surface area contributed by atoms with E-state index >= 15 is 0 Å². The summed E-state index contributed by atoms with van der Waals surface area (Å²) in [7, 11) is 0. The van der Waals surface area contributed by atoms with Crippen molar-refractivity contribution in [1.82, 2.24) is 4.90 Å². The Morgan fingerprint density at radius 3 is 2.41 bits per heavy atom. The third kappa shape index (κ3) is 4.21. The first-order valence-corrected chi connectivity index (χ1v) is 11.0. The molecule has 0 amide bonds. The number of nitrogens with zero attached hydrogens (tertiary/aromatic N) is 2. The van der Waals surface area contributed by atoms with Gasteiger partial charge in [0.25, 0.3) is 0 Å². The van der Waals surface area contributed by atoms with Crippen molar-refractivity contribution in [2.24, 2.45) is 0 Å². The summed E-state index contributed by atoms with van der Waals surface area (Å²) in [5.74, 6) is 0.930. The molecule has 3 aromatic carbocycles. The van der Waals surface area contributed by atoms with Crippen LogP contribution in [0.25, 0.3) is 0 Å². The van der Waals surface area contributed by atoms with E-state index in [0.717, 1.165) is 44.2 Å². The van der Waals surface area contributed by atoms with E-state index < -0.39 is 0 Å². The standard InChI is InChI=1S/C24H25N3OS/c1-2-6-19(7-3-1)27-14-12-26(13-15-27)16-17-28-20-10-11-24-22(18-20)25-21-8-4-5-9-23(21)29-24/h1-11,18,25H,12-17H2. The van der Waals surface area contributed by atoms with Crippen LogP contribution in [0.2, 0.25) is 0 Å². The molecule has 5 heteroatoms. The molecule has 1 N–H and O–H groups in total. The summed E-state index contributed by atoms with van der Waals surface area (Å²) in [4.78, 5) is 7.46. The number of para-hydroxylation sites is 2. The Kier molecular flexibility index (Phi) is 5.33. The Labute approximate surface area is 176 Å². The normalized spacial score (nSPS) is 15.9. The minimum Gasteiger partial charge on any atom is -0.492 e. The van der Waals surface area contributed by atoms with E-state index in [2.05, 4.69) is 87.9 Å². The maximum atomic E-state index is 6.07. The molecule has 148 valence electrons. The first-order chi connectivity index (χ1) is 14.3. The molecular formula is C24H25N3OS. The van der Waals surface area contributed by atoms with Crippen molar-refractivity contribution in [3.63, 3.8) is 0 Å². The fraction of sp³-hybridized carbons (Fsp3) is 0.250. The quantitative estimate of drug-likeness (QED) is 0.501. The van der Waals surface area contributed by atoms with Gasteiger partial charge in [0.15, 0.2) is 0 Å². The lowest BCUT2D eigenvalue weighted by atomic mass is 10.2. The number of rotatable bonds is 5. The second-order valence-electron chi connectivity index (χ2n) is 7.39. The van der Waals surface area contributed by atoms with Crippen molar-refractivity contribution in [1.29, 1.82) is 0 Å². The Hall–Kier alpha value is -2.63. The molecule has 0 unspecified atom stereocenters. The molecule has 29 heavy (non-hydrogen) atoms. The highest BCUT2D eigenvalue weighted by molar-refractivity contribution is 7.99. The van der Waals surface area contributed by atoms with Crippen molar-refractivity contribution in [3.8, 4) is 5.75 Å². The molecule has 2 aliphatic rings. The van der Waals surface area contributed by atoms with Crippen LogP contribution in [-0.2, 0) is 0 Å². The van der Waals surface area contributed by atoms with Crippen molar-refractivity contribution in [3.05, 3.63) is 72.8 Å². The summed E-state index contributed by atoms with van der Waals surface area (Å²) in [6.07, 6.45) is 0.